The summed E-state index contributed by atoms with van der Waals surface area (Å²) in [5, 5.41) is 56.8. The number of aliphatic imine (C=N–C) groups is 4. The average molecular weight is 1100 g/mol. The summed E-state index contributed by atoms with van der Waals surface area (Å²) in [6, 6.07) is 20.8. The van der Waals surface area contributed by atoms with E-state index in [1.807, 2.05) is 27.7 Å². The fourth-order valence-corrected chi connectivity index (χ4v) is 7.20. The minimum absolute atomic E-state index is 0. The summed E-state index contributed by atoms with van der Waals surface area (Å²) in [6.45, 7) is 9.18. The number of halogens is 1. The van der Waals surface area contributed by atoms with E-state index in [1.54, 1.807) is 97.7 Å². The summed E-state index contributed by atoms with van der Waals surface area (Å²) < 4.78 is 21.5. The molecular weight excluding hydrogens is 1030 g/mol. The molecule has 2 aliphatic rings. The molecule has 1 N–H and O–H groups in total. The third-order valence-corrected chi connectivity index (χ3v) is 10.2. The van der Waals surface area contributed by atoms with Gasteiger partial charge in [-0.2, -0.15) is 0 Å². The first-order valence-corrected chi connectivity index (χ1v) is 21.6. The summed E-state index contributed by atoms with van der Waals surface area (Å²) in [4.78, 5) is 18.7. The molecule has 4 aromatic carbocycles. The second-order valence-corrected chi connectivity index (χ2v) is 14.4. The van der Waals surface area contributed by atoms with Crippen molar-refractivity contribution in [3.63, 3.8) is 0 Å². The maximum atomic E-state index is 12.5. The monoisotopic (exact) mass is 1090 g/mol. The number of ether oxygens (including phenoxy) is 4. The van der Waals surface area contributed by atoms with Gasteiger partial charge in [-0.05, 0) is 99.9 Å². The first kappa shape index (κ1) is 63.1. The van der Waals surface area contributed by atoms with Crippen LogP contribution in [0.3, 0.4) is 0 Å². The normalized spacial score (nSPS) is 17.7. The van der Waals surface area contributed by atoms with Crippen LogP contribution < -0.4 is 108 Å². The van der Waals surface area contributed by atoms with Crippen LogP contribution in [0.2, 0.25) is 0 Å². The van der Waals surface area contributed by atoms with E-state index in [4.69, 9.17) is 24.1 Å². The predicted molar refractivity (Wildman–Crippen MR) is 239 cm³/mol. The summed E-state index contributed by atoms with van der Waals surface area (Å²) in [7, 11) is 1.00. The van der Waals surface area contributed by atoms with Crippen molar-refractivity contribution >= 4 is 24.9 Å². The third-order valence-electron chi connectivity index (χ3n) is 10.2. The number of benzene rings is 4. The molecule has 4 aromatic rings. The van der Waals surface area contributed by atoms with Crippen LogP contribution in [0.1, 0.15) is 101 Å². The van der Waals surface area contributed by atoms with Crippen molar-refractivity contribution < 1.29 is 147 Å². The molecule has 0 heterocycles. The second kappa shape index (κ2) is 35.2. The zero-order chi connectivity index (χ0) is 44.7. The van der Waals surface area contributed by atoms with E-state index in [9.17, 15) is 20.4 Å². The van der Waals surface area contributed by atoms with Crippen LogP contribution in [-0.2, 0) is 34.1 Å². The molecule has 13 nitrogen and oxygen atoms in total. The van der Waals surface area contributed by atoms with Crippen LogP contribution in [0.5, 0.6) is 46.0 Å². The van der Waals surface area contributed by atoms with Gasteiger partial charge in [0.1, 0.15) is 23.0 Å². The Labute approximate surface area is 464 Å². The quantitative estimate of drug-likeness (QED) is 0.123. The van der Waals surface area contributed by atoms with E-state index in [2.05, 4.69) is 20.0 Å². The number of rotatable bonds is 16. The average Bonchev–Trinajstić information content (AvgIpc) is 3.29. The van der Waals surface area contributed by atoms with E-state index in [0.717, 1.165) is 58.5 Å². The fourth-order valence-electron chi connectivity index (χ4n) is 7.20. The van der Waals surface area contributed by atoms with Gasteiger partial charge >= 0.3 is 85.5 Å². The largest absolute Gasteiger partial charge is 2.00 e. The van der Waals surface area contributed by atoms with Crippen LogP contribution in [-0.4, -0.2) is 87.7 Å². The van der Waals surface area contributed by atoms with Crippen molar-refractivity contribution in [2.24, 2.45) is 20.0 Å². The molecule has 0 aliphatic heterocycles. The Bertz CT molecular complexity index is 1820. The number of nitrogens with zero attached hydrogens (tertiary/aromatic N) is 4. The van der Waals surface area contributed by atoms with E-state index in [1.165, 1.54) is 0 Å². The molecule has 66 heavy (non-hydrogen) atoms. The molecule has 360 valence electrons. The molecule has 0 amide bonds. The zero-order valence-electron chi connectivity index (χ0n) is 38.5. The van der Waals surface area contributed by atoms with Gasteiger partial charge in [-0.25, -0.2) is 0 Å². The Morgan fingerprint density at radius 3 is 0.818 bits per heavy atom. The molecule has 0 saturated heterocycles. The van der Waals surface area contributed by atoms with Gasteiger partial charge in [0, 0.05) is 32.0 Å². The van der Waals surface area contributed by atoms with Crippen LogP contribution in [0.4, 0.5) is 0 Å². The van der Waals surface area contributed by atoms with Crippen LogP contribution in [0.25, 0.3) is 0 Å². The smallest absolute Gasteiger partial charge is 1.00 e. The van der Waals surface area contributed by atoms with Gasteiger partial charge in [0.05, 0.1) is 50.6 Å². The molecule has 0 bridgehead atoms. The van der Waals surface area contributed by atoms with Crippen molar-refractivity contribution in [2.45, 2.75) is 103 Å². The van der Waals surface area contributed by atoms with Gasteiger partial charge in [-0.3, -0.25) is 20.0 Å². The molecule has 2 fully saturated rings. The molecule has 0 unspecified atom stereocenters. The van der Waals surface area contributed by atoms with Crippen molar-refractivity contribution in [3.8, 4) is 46.0 Å². The molecule has 0 spiro atoms. The summed E-state index contributed by atoms with van der Waals surface area (Å²) >= 11 is 0. The first-order chi connectivity index (χ1) is 30.3. The SMILES string of the molecule is CCOc1cccc(C=N[C@@H]2CCCC[C@H]2N=Cc2cccc(OCC)c2[O-])c1[O-].CCOc1cccc(C=N[C@@H]2CCCC[C@H]2N=Cc2cccc(OCC)c2[O-])c1[O-].CO.[Br-].[Cu+2].[Cu+2].[K+]. The van der Waals surface area contributed by atoms with Crippen LogP contribution in [0, 0.1) is 0 Å². The molecular formula is C49H60BrCu2KN4O9. The number of aliphatic hydroxyl groups excluding tert-OH is 1. The second-order valence-electron chi connectivity index (χ2n) is 14.4. The predicted octanol–water partition coefficient (Wildman–Crippen LogP) is 0.572. The minimum Gasteiger partial charge on any atom is -1.00 e. The van der Waals surface area contributed by atoms with Crippen LogP contribution in [0.15, 0.2) is 92.8 Å². The summed E-state index contributed by atoms with van der Waals surface area (Å²) in [5.41, 5.74) is 2.06. The molecule has 6 rings (SSSR count). The van der Waals surface area contributed by atoms with Crippen molar-refractivity contribution in [3.05, 3.63) is 95.1 Å². The van der Waals surface area contributed by atoms with Gasteiger partial charge in [-0.1, -0.05) is 97.2 Å². The Kier molecular flexibility index (Phi) is 33.7. The maximum absolute atomic E-state index is 12.5. The Morgan fingerprint density at radius 1 is 0.439 bits per heavy atom. The van der Waals surface area contributed by atoms with Crippen molar-refractivity contribution in [1.82, 2.24) is 0 Å². The molecule has 17 heteroatoms. The topological polar surface area (TPSA) is 199 Å². The Hall–Kier alpha value is -2.92. The van der Waals surface area contributed by atoms with Crippen molar-refractivity contribution in [1.29, 1.82) is 0 Å². The number of hydrogen-bond acceptors (Lipinski definition) is 13. The standard InChI is InChI=1S/2C24H30N2O4.CH4O.BrH.2Cu.K/c2*1-3-29-21-13-7-9-17(23(21)27)15-25-19-11-5-6-12-20(19)26-16-18-10-8-14-22(24(18)28)30-4-2;1-2;;;;/h2*7-10,13-16,19-20,27-28H,3-6,11-12H2,1-2H3;2H,1H3;1H;;;/q;;;;2*+2;+1/p-5/t2*19-,20-;;;;;/m11...../s1. The van der Waals surface area contributed by atoms with Gasteiger partial charge < -0.3 is 61.5 Å². The molecule has 2 aliphatic carbocycles. The number of aliphatic hydroxyl groups is 1. The van der Waals surface area contributed by atoms with Gasteiger partial charge in [0.25, 0.3) is 0 Å². The van der Waals surface area contributed by atoms with E-state index in [-0.39, 0.29) is 150 Å². The van der Waals surface area contributed by atoms with Gasteiger partial charge in [-0.15, -0.1) is 0 Å². The summed E-state index contributed by atoms with van der Waals surface area (Å²) in [6.07, 6.45) is 14.5. The van der Waals surface area contributed by atoms with E-state index in [0.29, 0.717) is 71.7 Å². The van der Waals surface area contributed by atoms with Gasteiger partial charge in [0.2, 0.25) is 0 Å². The Morgan fingerprint density at radius 2 is 0.636 bits per heavy atom. The van der Waals surface area contributed by atoms with Crippen molar-refractivity contribution in [2.75, 3.05) is 33.5 Å². The van der Waals surface area contributed by atoms with Gasteiger partial charge in [0.15, 0.2) is 0 Å². The number of para-hydroxylation sites is 4. The molecule has 0 aromatic heterocycles. The van der Waals surface area contributed by atoms with E-state index >= 15 is 0 Å². The zero-order valence-corrected chi connectivity index (χ0v) is 45.1. The number of hydrogen-bond donors (Lipinski definition) is 1. The maximum Gasteiger partial charge on any atom is 2.00 e. The van der Waals surface area contributed by atoms with Crippen LogP contribution >= 0.6 is 0 Å². The minimum atomic E-state index is -0.150. The first-order valence-electron chi connectivity index (χ1n) is 21.6. The molecule has 2 radical (unpaired) electrons. The Balaban J connectivity index is 0.00000117. The summed E-state index contributed by atoms with van der Waals surface area (Å²) in [5.74, 6) is 0.776. The third kappa shape index (κ3) is 19.2. The van der Waals surface area contributed by atoms with E-state index < -0.39 is 0 Å². The fraction of sp³-hybridized carbons (Fsp3) is 0.429. The molecule has 4 atom stereocenters. The molecule has 2 saturated carbocycles.